The molecule has 4 nitrogen and oxygen atoms in total. The van der Waals surface area contributed by atoms with E-state index in [1.54, 1.807) is 24.3 Å². The molecule has 164 valence electrons. The third-order valence-corrected chi connectivity index (χ3v) is 5.14. The number of alkyl halides is 3. The van der Waals surface area contributed by atoms with Crippen LogP contribution in [-0.4, -0.2) is 29.0 Å². The van der Waals surface area contributed by atoms with Crippen molar-refractivity contribution in [2.75, 3.05) is 0 Å². The van der Waals surface area contributed by atoms with E-state index < -0.39 is 23.6 Å². The van der Waals surface area contributed by atoms with Crippen molar-refractivity contribution in [3.63, 3.8) is 0 Å². The first-order valence-corrected chi connectivity index (χ1v) is 10.1. The van der Waals surface area contributed by atoms with Crippen LogP contribution in [0.1, 0.15) is 36.8 Å². The van der Waals surface area contributed by atoms with Crippen molar-refractivity contribution in [1.82, 2.24) is 5.32 Å². The lowest BCUT2D eigenvalue weighted by Gasteiger charge is -2.33. The molecule has 0 bridgehead atoms. The van der Waals surface area contributed by atoms with Gasteiger partial charge in [-0.3, -0.25) is 4.79 Å². The van der Waals surface area contributed by atoms with Crippen molar-refractivity contribution >= 4 is 17.5 Å². The first-order chi connectivity index (χ1) is 14.6. The molecule has 2 aromatic carbocycles. The van der Waals surface area contributed by atoms with Crippen molar-refractivity contribution in [3.8, 4) is 17.6 Å². The molecule has 2 aromatic rings. The molecule has 3 rings (SSSR count). The van der Waals surface area contributed by atoms with Gasteiger partial charge < -0.3 is 15.2 Å². The van der Waals surface area contributed by atoms with Gasteiger partial charge in [0.2, 0.25) is 5.91 Å². The molecule has 0 radical (unpaired) electrons. The van der Waals surface area contributed by atoms with Crippen LogP contribution in [0.15, 0.2) is 48.5 Å². The van der Waals surface area contributed by atoms with E-state index in [-0.39, 0.29) is 24.4 Å². The van der Waals surface area contributed by atoms with E-state index in [2.05, 4.69) is 21.9 Å². The number of benzene rings is 2. The molecule has 1 amide bonds. The Kier molecular flexibility index (Phi) is 7.14. The molecule has 1 aliphatic carbocycles. The molecular formula is C23H21ClF3NO3. The number of aliphatic hydroxyl groups is 1. The number of ether oxygens (including phenoxy) is 1. The Hall–Kier alpha value is -2.69. The van der Waals surface area contributed by atoms with Crippen molar-refractivity contribution in [2.24, 2.45) is 0 Å². The molecule has 0 aliphatic heterocycles. The molecule has 8 heteroatoms. The van der Waals surface area contributed by atoms with Gasteiger partial charge in [-0.2, -0.15) is 0 Å². The van der Waals surface area contributed by atoms with Crippen molar-refractivity contribution < 1.29 is 27.8 Å². The van der Waals surface area contributed by atoms with Gasteiger partial charge in [0.1, 0.15) is 11.4 Å². The molecule has 2 N–H and O–H groups in total. The summed E-state index contributed by atoms with van der Waals surface area (Å²) >= 11 is 5.95. The van der Waals surface area contributed by atoms with Crippen LogP contribution in [0.4, 0.5) is 13.2 Å². The summed E-state index contributed by atoms with van der Waals surface area (Å²) < 4.78 is 41.7. The van der Waals surface area contributed by atoms with Gasteiger partial charge >= 0.3 is 6.36 Å². The van der Waals surface area contributed by atoms with Gasteiger partial charge in [-0.25, -0.2) is 0 Å². The normalized spacial score (nSPS) is 21.0. The number of hydrogen-bond donors (Lipinski definition) is 2. The monoisotopic (exact) mass is 451 g/mol. The van der Waals surface area contributed by atoms with Crippen LogP contribution in [0.3, 0.4) is 0 Å². The molecule has 0 saturated heterocycles. The van der Waals surface area contributed by atoms with Gasteiger partial charge in [0.05, 0.1) is 6.42 Å². The maximum absolute atomic E-state index is 12.6. The minimum absolute atomic E-state index is 0.129. The molecule has 1 fully saturated rings. The van der Waals surface area contributed by atoms with E-state index in [4.69, 9.17) is 11.6 Å². The third-order valence-electron chi connectivity index (χ3n) is 4.91. The van der Waals surface area contributed by atoms with Crippen LogP contribution in [-0.2, 0) is 11.2 Å². The number of halogens is 4. The number of amides is 1. The Balaban J connectivity index is 1.63. The Bertz CT molecular complexity index is 999. The zero-order valence-corrected chi connectivity index (χ0v) is 17.3. The predicted molar refractivity (Wildman–Crippen MR) is 111 cm³/mol. The third kappa shape index (κ3) is 7.20. The number of para-hydroxylation sites is 1. The highest BCUT2D eigenvalue weighted by molar-refractivity contribution is 6.30. The maximum atomic E-state index is 12.6. The maximum Gasteiger partial charge on any atom is 0.573 e. The minimum Gasteiger partial charge on any atom is -0.405 e. The largest absolute Gasteiger partial charge is 0.573 e. The van der Waals surface area contributed by atoms with Gasteiger partial charge in [0.15, 0.2) is 0 Å². The summed E-state index contributed by atoms with van der Waals surface area (Å²) in [4.78, 5) is 12.4. The molecule has 1 aliphatic rings. The summed E-state index contributed by atoms with van der Waals surface area (Å²) in [6.45, 7) is 0. The zero-order valence-electron chi connectivity index (χ0n) is 16.5. The van der Waals surface area contributed by atoms with E-state index >= 15 is 0 Å². The highest BCUT2D eigenvalue weighted by atomic mass is 35.5. The quantitative estimate of drug-likeness (QED) is 0.667. The molecule has 2 atom stereocenters. The Morgan fingerprint density at radius 3 is 2.77 bits per heavy atom. The second-order valence-corrected chi connectivity index (χ2v) is 7.92. The lowest BCUT2D eigenvalue weighted by atomic mass is 9.82. The van der Waals surface area contributed by atoms with Crippen molar-refractivity contribution in [2.45, 2.75) is 50.1 Å². The lowest BCUT2D eigenvalue weighted by molar-refractivity contribution is -0.274. The van der Waals surface area contributed by atoms with E-state index in [9.17, 15) is 23.1 Å². The van der Waals surface area contributed by atoms with Gasteiger partial charge in [0, 0.05) is 28.6 Å². The van der Waals surface area contributed by atoms with Crippen LogP contribution in [0.5, 0.6) is 5.75 Å². The summed E-state index contributed by atoms with van der Waals surface area (Å²) in [6, 6.07) is 12.2. The second-order valence-electron chi connectivity index (χ2n) is 7.49. The summed E-state index contributed by atoms with van der Waals surface area (Å²) in [5.74, 6) is 4.94. The molecule has 0 heterocycles. The number of nitrogens with one attached hydrogen (secondary N) is 1. The SMILES string of the molecule is O=C(Cc1ccccc1OC(F)(F)F)N[C@H]1CCCC(O)(C#Cc2cccc(Cl)c2)C1. The van der Waals surface area contributed by atoms with E-state index in [0.717, 1.165) is 0 Å². The fourth-order valence-electron chi connectivity index (χ4n) is 3.57. The number of hydrogen-bond acceptors (Lipinski definition) is 3. The Labute approximate surface area is 183 Å². The Morgan fingerprint density at radius 1 is 1.26 bits per heavy atom. The van der Waals surface area contributed by atoms with Gasteiger partial charge in [-0.05, 0) is 43.5 Å². The average molecular weight is 452 g/mol. The van der Waals surface area contributed by atoms with E-state index in [1.807, 2.05) is 0 Å². The first kappa shape index (κ1) is 23.0. The molecule has 0 spiro atoms. The van der Waals surface area contributed by atoms with Crippen LogP contribution >= 0.6 is 11.6 Å². The number of carbonyl (C=O) groups is 1. The summed E-state index contributed by atoms with van der Waals surface area (Å²) in [7, 11) is 0. The summed E-state index contributed by atoms with van der Waals surface area (Å²) in [6.07, 6.45) is -3.11. The molecule has 1 unspecified atom stereocenters. The first-order valence-electron chi connectivity index (χ1n) is 9.76. The fraction of sp³-hybridized carbons (Fsp3) is 0.348. The highest BCUT2D eigenvalue weighted by Crippen LogP contribution is 2.29. The average Bonchev–Trinajstić information content (AvgIpc) is 2.67. The number of rotatable bonds is 4. The summed E-state index contributed by atoms with van der Waals surface area (Å²) in [5.41, 5.74) is -0.465. The van der Waals surface area contributed by atoms with Crippen LogP contribution in [0, 0.1) is 11.8 Å². The molecule has 0 aromatic heterocycles. The lowest BCUT2D eigenvalue weighted by Crippen LogP contribution is -2.45. The fourth-order valence-corrected chi connectivity index (χ4v) is 3.76. The Morgan fingerprint density at radius 2 is 2.03 bits per heavy atom. The van der Waals surface area contributed by atoms with Gasteiger partial charge in [-0.1, -0.05) is 47.7 Å². The smallest absolute Gasteiger partial charge is 0.405 e. The predicted octanol–water partition coefficient (Wildman–Crippen LogP) is 4.62. The van der Waals surface area contributed by atoms with Crippen LogP contribution in [0.25, 0.3) is 0 Å². The van der Waals surface area contributed by atoms with E-state index in [1.165, 1.54) is 24.3 Å². The minimum atomic E-state index is -4.84. The van der Waals surface area contributed by atoms with Crippen LogP contribution in [0.2, 0.25) is 5.02 Å². The molecule has 31 heavy (non-hydrogen) atoms. The topological polar surface area (TPSA) is 58.6 Å². The summed E-state index contributed by atoms with van der Waals surface area (Å²) in [5, 5.41) is 14.2. The van der Waals surface area contributed by atoms with Crippen molar-refractivity contribution in [1.29, 1.82) is 0 Å². The van der Waals surface area contributed by atoms with Crippen molar-refractivity contribution in [3.05, 3.63) is 64.7 Å². The van der Waals surface area contributed by atoms with Crippen LogP contribution < -0.4 is 10.1 Å². The second kappa shape index (κ2) is 9.63. The standard InChI is InChI=1S/C23H21ClF3NO3/c24-18-7-3-5-16(13-18)10-12-22(30)11-4-8-19(15-22)28-21(29)14-17-6-1-2-9-20(17)31-23(25,26)27/h1-3,5-7,9,13,19,30H,4,8,11,14-15H2,(H,28,29)/t19-,22?/m0/s1. The zero-order chi connectivity index (χ0) is 22.5. The highest BCUT2D eigenvalue weighted by Gasteiger charge is 2.34. The van der Waals surface area contributed by atoms with E-state index in [0.29, 0.717) is 29.8 Å². The van der Waals surface area contributed by atoms with Gasteiger partial charge in [0.25, 0.3) is 0 Å². The molecular weight excluding hydrogens is 431 g/mol. The molecule has 1 saturated carbocycles. The van der Waals surface area contributed by atoms with Gasteiger partial charge in [-0.15, -0.1) is 13.2 Å². The number of carbonyl (C=O) groups excluding carboxylic acids is 1.